The lowest BCUT2D eigenvalue weighted by atomic mass is 10.1. The number of aromatic nitrogens is 2. The Morgan fingerprint density at radius 2 is 2.22 bits per heavy atom. The summed E-state index contributed by atoms with van der Waals surface area (Å²) in [4.78, 5) is 8.99. The molecule has 18 heavy (non-hydrogen) atoms. The molecule has 1 unspecified atom stereocenters. The Bertz CT molecular complexity index is 525. The van der Waals surface area contributed by atoms with E-state index < -0.39 is 6.10 Å². The van der Waals surface area contributed by atoms with Gasteiger partial charge in [0.15, 0.2) is 0 Å². The fraction of sp³-hybridized carbons (Fsp3) is 0.333. The highest BCUT2D eigenvalue weighted by molar-refractivity contribution is 9.11. The molecule has 1 atom stereocenters. The average Bonchev–Trinajstić information content (AvgIpc) is 2.70. The van der Waals surface area contributed by atoms with E-state index in [1.807, 2.05) is 13.0 Å². The van der Waals surface area contributed by atoms with Crippen LogP contribution in [0.5, 0.6) is 5.88 Å². The lowest BCUT2D eigenvalue weighted by Gasteiger charge is -2.08. The van der Waals surface area contributed by atoms with Gasteiger partial charge in [-0.3, -0.25) is 0 Å². The third kappa shape index (κ3) is 3.07. The lowest BCUT2D eigenvalue weighted by Crippen LogP contribution is -2.02. The largest absolute Gasteiger partial charge is 0.481 e. The van der Waals surface area contributed by atoms with Gasteiger partial charge < -0.3 is 9.84 Å². The van der Waals surface area contributed by atoms with Crippen LogP contribution in [0.25, 0.3) is 0 Å². The van der Waals surface area contributed by atoms with E-state index in [0.29, 0.717) is 12.3 Å². The van der Waals surface area contributed by atoms with Crippen LogP contribution in [0.15, 0.2) is 22.2 Å². The van der Waals surface area contributed by atoms with Crippen LogP contribution < -0.4 is 4.74 Å². The zero-order valence-corrected chi connectivity index (χ0v) is 12.5. The zero-order valence-electron chi connectivity index (χ0n) is 10.1. The quantitative estimate of drug-likeness (QED) is 0.937. The summed E-state index contributed by atoms with van der Waals surface area (Å²) in [6, 6.07) is 3.72. The fourth-order valence-electron chi connectivity index (χ4n) is 1.55. The van der Waals surface area contributed by atoms with Gasteiger partial charge in [-0.25, -0.2) is 9.97 Å². The monoisotopic (exact) mass is 328 g/mol. The number of ether oxygens (including phenoxy) is 1. The summed E-state index contributed by atoms with van der Waals surface area (Å²) < 4.78 is 6.08. The molecule has 0 radical (unpaired) electrons. The van der Waals surface area contributed by atoms with E-state index >= 15 is 0 Å². The number of nitrogens with zero attached hydrogens (tertiary/aromatic N) is 2. The molecule has 6 heteroatoms. The van der Waals surface area contributed by atoms with Crippen molar-refractivity contribution in [2.75, 3.05) is 7.11 Å². The molecule has 0 aliphatic rings. The molecule has 2 heterocycles. The van der Waals surface area contributed by atoms with Gasteiger partial charge in [0.1, 0.15) is 6.33 Å². The topological polar surface area (TPSA) is 55.2 Å². The first kappa shape index (κ1) is 13.5. The Hall–Kier alpha value is -0.980. The molecule has 0 aliphatic heterocycles. The summed E-state index contributed by atoms with van der Waals surface area (Å²) >= 11 is 5.00. The summed E-state index contributed by atoms with van der Waals surface area (Å²) in [5.41, 5.74) is 1.89. The molecular weight excluding hydrogens is 316 g/mol. The van der Waals surface area contributed by atoms with Crippen molar-refractivity contribution in [1.29, 1.82) is 0 Å². The second kappa shape index (κ2) is 5.77. The fourth-order valence-corrected chi connectivity index (χ4v) is 3.10. The molecule has 0 saturated heterocycles. The van der Waals surface area contributed by atoms with Gasteiger partial charge >= 0.3 is 0 Å². The first-order chi connectivity index (χ1) is 8.60. The highest BCUT2D eigenvalue weighted by Crippen LogP contribution is 2.32. The van der Waals surface area contributed by atoms with Crippen LogP contribution >= 0.6 is 27.3 Å². The van der Waals surface area contributed by atoms with Crippen molar-refractivity contribution in [3.63, 3.8) is 0 Å². The van der Waals surface area contributed by atoms with Crippen LogP contribution in [0.3, 0.4) is 0 Å². The second-order valence-corrected chi connectivity index (χ2v) is 6.28. The lowest BCUT2D eigenvalue weighted by molar-refractivity contribution is 0.181. The molecule has 96 valence electrons. The van der Waals surface area contributed by atoms with E-state index in [-0.39, 0.29) is 0 Å². The van der Waals surface area contributed by atoms with Gasteiger partial charge in [-0.05, 0) is 34.5 Å². The molecule has 0 saturated carbocycles. The number of halogens is 1. The molecule has 0 bridgehead atoms. The molecule has 0 aromatic carbocycles. The second-order valence-electron chi connectivity index (χ2n) is 3.88. The van der Waals surface area contributed by atoms with Crippen molar-refractivity contribution >= 4 is 27.3 Å². The predicted octanol–water partition coefficient (Wildman–Crippen LogP) is 2.89. The number of thiophene rings is 1. The van der Waals surface area contributed by atoms with Gasteiger partial charge in [-0.2, -0.15) is 0 Å². The van der Waals surface area contributed by atoms with Crippen molar-refractivity contribution in [3.8, 4) is 5.88 Å². The smallest absolute Gasteiger partial charge is 0.216 e. The van der Waals surface area contributed by atoms with E-state index in [2.05, 4.69) is 25.9 Å². The summed E-state index contributed by atoms with van der Waals surface area (Å²) in [6.45, 7) is 2.00. The Morgan fingerprint density at radius 1 is 1.44 bits per heavy atom. The number of hydrogen-bond acceptors (Lipinski definition) is 5. The van der Waals surface area contributed by atoms with Gasteiger partial charge in [0.05, 0.1) is 22.7 Å². The van der Waals surface area contributed by atoms with E-state index in [0.717, 1.165) is 19.9 Å². The van der Waals surface area contributed by atoms with Crippen molar-refractivity contribution in [1.82, 2.24) is 9.97 Å². The van der Waals surface area contributed by atoms with Gasteiger partial charge in [-0.1, -0.05) is 0 Å². The maximum absolute atomic E-state index is 10.2. The number of rotatable bonds is 4. The molecule has 2 aromatic heterocycles. The van der Waals surface area contributed by atoms with Crippen LogP contribution in [0.4, 0.5) is 0 Å². The van der Waals surface area contributed by atoms with Crippen LogP contribution in [0.1, 0.15) is 22.2 Å². The first-order valence-electron chi connectivity index (χ1n) is 5.39. The number of aliphatic hydroxyl groups excluding tert-OH is 1. The third-order valence-corrected chi connectivity index (χ3v) is 4.75. The Labute approximate surface area is 118 Å². The van der Waals surface area contributed by atoms with Crippen LogP contribution in [0.2, 0.25) is 0 Å². The number of aryl methyl sites for hydroxylation is 1. The molecule has 0 fully saturated rings. The van der Waals surface area contributed by atoms with E-state index in [1.54, 1.807) is 24.5 Å². The molecule has 2 aromatic rings. The minimum Gasteiger partial charge on any atom is -0.481 e. The first-order valence-corrected chi connectivity index (χ1v) is 7.00. The number of hydrogen-bond donors (Lipinski definition) is 1. The maximum atomic E-state index is 10.2. The molecule has 0 spiro atoms. The Balaban J connectivity index is 2.13. The maximum Gasteiger partial charge on any atom is 0.216 e. The van der Waals surface area contributed by atoms with Crippen molar-refractivity contribution in [2.24, 2.45) is 0 Å². The molecule has 4 nitrogen and oxygen atoms in total. The highest BCUT2D eigenvalue weighted by atomic mass is 79.9. The SMILES string of the molecule is COc1cc(CC(O)c2cc(C)c(Br)s2)ncn1. The summed E-state index contributed by atoms with van der Waals surface area (Å²) in [6.07, 6.45) is 1.33. The minimum atomic E-state index is -0.556. The molecule has 1 N–H and O–H groups in total. The number of methoxy groups -OCH3 is 1. The normalized spacial score (nSPS) is 12.4. The van der Waals surface area contributed by atoms with Crippen molar-refractivity contribution in [3.05, 3.63) is 38.4 Å². The molecule has 2 rings (SSSR count). The van der Waals surface area contributed by atoms with Gasteiger partial charge in [0.25, 0.3) is 0 Å². The summed E-state index contributed by atoms with van der Waals surface area (Å²) in [7, 11) is 1.56. The Kier molecular flexibility index (Phi) is 4.31. The molecule has 0 amide bonds. The van der Waals surface area contributed by atoms with Gasteiger partial charge in [0.2, 0.25) is 5.88 Å². The minimum absolute atomic E-state index is 0.450. The van der Waals surface area contributed by atoms with Gasteiger partial charge in [0, 0.05) is 17.4 Å². The van der Waals surface area contributed by atoms with Crippen LogP contribution in [-0.2, 0) is 6.42 Å². The summed E-state index contributed by atoms with van der Waals surface area (Å²) in [5, 5.41) is 10.2. The highest BCUT2D eigenvalue weighted by Gasteiger charge is 2.14. The van der Waals surface area contributed by atoms with Crippen LogP contribution in [0, 0.1) is 6.92 Å². The van der Waals surface area contributed by atoms with E-state index in [1.165, 1.54) is 6.33 Å². The average molecular weight is 329 g/mol. The predicted molar refractivity (Wildman–Crippen MR) is 74.0 cm³/mol. The van der Waals surface area contributed by atoms with Gasteiger partial charge in [-0.15, -0.1) is 11.3 Å². The summed E-state index contributed by atoms with van der Waals surface area (Å²) in [5.74, 6) is 0.510. The van der Waals surface area contributed by atoms with E-state index in [9.17, 15) is 5.11 Å². The Morgan fingerprint density at radius 3 is 2.83 bits per heavy atom. The standard InChI is InChI=1S/C12H13BrN2O2S/c1-7-3-10(18-12(7)13)9(16)4-8-5-11(17-2)15-6-14-8/h3,5-6,9,16H,4H2,1-2H3. The third-order valence-electron chi connectivity index (χ3n) is 2.51. The van der Waals surface area contributed by atoms with E-state index in [4.69, 9.17) is 4.74 Å². The number of aliphatic hydroxyl groups is 1. The van der Waals surface area contributed by atoms with Crippen LogP contribution in [-0.4, -0.2) is 22.2 Å². The van der Waals surface area contributed by atoms with Crippen molar-refractivity contribution < 1.29 is 9.84 Å². The molecule has 0 aliphatic carbocycles. The molecular formula is C12H13BrN2O2S. The van der Waals surface area contributed by atoms with Crippen molar-refractivity contribution in [2.45, 2.75) is 19.4 Å². The zero-order chi connectivity index (χ0) is 13.1.